The zero-order valence-corrected chi connectivity index (χ0v) is 8.18. The fourth-order valence-electron chi connectivity index (χ4n) is 0.441. The molecule has 10 heavy (non-hydrogen) atoms. The van der Waals surface area contributed by atoms with Crippen LogP contribution in [0.5, 0.6) is 5.88 Å². The van der Waals surface area contributed by atoms with E-state index in [1.54, 1.807) is 0 Å². The third-order valence-corrected chi connectivity index (χ3v) is 1.83. The Morgan fingerprint density at radius 1 is 1.80 bits per heavy atom. The van der Waals surface area contributed by atoms with Crippen molar-refractivity contribution >= 4 is 28.5 Å². The largest absolute Gasteiger partial charge is 0.445 e. The molecule has 0 spiro atoms. The van der Waals surface area contributed by atoms with Crippen LogP contribution in [0.3, 0.4) is 0 Å². The van der Waals surface area contributed by atoms with Gasteiger partial charge in [-0.2, -0.15) is 4.39 Å². The van der Waals surface area contributed by atoms with Crippen molar-refractivity contribution < 1.29 is 13.4 Å². The lowest BCUT2D eigenvalue weighted by Crippen LogP contribution is -1.78. The summed E-state index contributed by atoms with van der Waals surface area (Å²) in [6.07, 6.45) is 0. The van der Waals surface area contributed by atoms with Crippen LogP contribution >= 0.6 is 28.5 Å². The Bertz CT molecular complexity index is 229. The van der Waals surface area contributed by atoms with Crippen LogP contribution in [0.15, 0.2) is 4.52 Å². The zero-order chi connectivity index (χ0) is 7.56. The summed E-state index contributed by atoms with van der Waals surface area (Å²) in [5, 5.41) is 3.33. The molecule has 0 aliphatic heterocycles. The van der Waals surface area contributed by atoms with E-state index in [0.717, 1.165) is 0 Å². The topological polar surface area (TPSA) is 35.3 Å². The summed E-state index contributed by atoms with van der Waals surface area (Å²) < 4.78 is 22.0. The Hall–Kier alpha value is 0.1000. The van der Waals surface area contributed by atoms with Crippen molar-refractivity contribution in [3.05, 3.63) is 11.6 Å². The average Bonchev–Trinajstić information content (AvgIpc) is 2.20. The Balaban J connectivity index is 2.83. The minimum atomic E-state index is -0.510. The van der Waals surface area contributed by atoms with Crippen LogP contribution in [-0.4, -0.2) is 5.16 Å². The molecule has 0 N–H and O–H groups in total. The second-order valence-corrected chi connectivity index (χ2v) is 3.22. The first-order valence-electron chi connectivity index (χ1n) is 2.40. The second-order valence-electron chi connectivity index (χ2n) is 1.54. The van der Waals surface area contributed by atoms with E-state index in [0.29, 0.717) is 0 Å². The molecule has 1 aromatic heterocycles. The van der Waals surface area contributed by atoms with Crippen LogP contribution in [-0.2, 0) is 0 Å². The minimum Gasteiger partial charge on any atom is -0.445 e. The predicted molar refractivity (Wildman–Crippen MR) is 44.2 cm³/mol. The highest BCUT2D eigenvalue weighted by atomic mass is 127. The van der Waals surface area contributed by atoms with Gasteiger partial charge in [-0.05, 0) is 34.1 Å². The lowest BCUT2D eigenvalue weighted by molar-refractivity contribution is 0.376. The molecule has 1 aromatic rings. The first kappa shape index (κ1) is 8.20. The molecule has 0 aliphatic rings. The molecule has 0 saturated carbocycles. The van der Waals surface area contributed by atoms with Gasteiger partial charge >= 0.3 is 0 Å². The summed E-state index contributed by atoms with van der Waals surface area (Å²) in [7, 11) is 0. The Morgan fingerprint density at radius 2 is 2.50 bits per heavy atom. The summed E-state index contributed by atoms with van der Waals surface area (Å²) in [5.41, 5.74) is 0. The van der Waals surface area contributed by atoms with Gasteiger partial charge in [-0.3, -0.25) is 0 Å². The number of aromatic nitrogens is 1. The van der Waals surface area contributed by atoms with Gasteiger partial charge in [0.05, 0.1) is 0 Å². The van der Waals surface area contributed by atoms with Crippen molar-refractivity contribution in [3.63, 3.8) is 0 Å². The molecule has 0 saturated heterocycles. The van der Waals surface area contributed by atoms with Crippen molar-refractivity contribution in [1.82, 2.24) is 5.16 Å². The normalized spacial score (nSPS) is 11.1. The van der Waals surface area contributed by atoms with Crippen molar-refractivity contribution in [2.75, 3.05) is 0 Å². The van der Waals surface area contributed by atoms with E-state index >= 15 is 0 Å². The molecular weight excluding hydrogens is 271 g/mol. The highest BCUT2D eigenvalue weighted by Crippen LogP contribution is 2.28. The van der Waals surface area contributed by atoms with Gasteiger partial charge < -0.3 is 9.05 Å². The number of hydrogen-bond acceptors (Lipinski definition) is 3. The maximum atomic E-state index is 12.7. The molecule has 1 atom stereocenters. The third kappa shape index (κ3) is 1.58. The summed E-state index contributed by atoms with van der Waals surface area (Å²) in [6, 6.07) is 0. The van der Waals surface area contributed by atoms with Crippen molar-refractivity contribution in [2.24, 2.45) is 0 Å². The number of rotatable bonds is 2. The lowest BCUT2D eigenvalue weighted by Gasteiger charge is -1.91. The third-order valence-electron chi connectivity index (χ3n) is 0.898. The van der Waals surface area contributed by atoms with E-state index in [1.807, 2.05) is 22.0 Å². The smallest absolute Gasteiger partial charge is 0.294 e. The number of nitrogens with zero attached hydrogens (tertiary/aromatic N) is 1. The highest BCUT2D eigenvalue weighted by molar-refractivity contribution is 14.2. The molecule has 3 nitrogen and oxygen atoms in total. The second kappa shape index (κ2) is 3.48. The summed E-state index contributed by atoms with van der Waals surface area (Å²) in [4.78, 5) is 0. The molecular formula is C4H4FINO2P. The summed E-state index contributed by atoms with van der Waals surface area (Å²) in [5.74, 6) is -0.404. The first-order chi connectivity index (χ1) is 4.75. The van der Waals surface area contributed by atoms with Gasteiger partial charge in [0.1, 0.15) is 6.45 Å². The fourth-order valence-corrected chi connectivity index (χ4v) is 1.27. The van der Waals surface area contributed by atoms with Crippen molar-refractivity contribution in [1.29, 1.82) is 0 Å². The van der Waals surface area contributed by atoms with Gasteiger partial charge in [0.2, 0.25) is 5.82 Å². The molecule has 0 fully saturated rings. The molecule has 0 aromatic carbocycles. The van der Waals surface area contributed by atoms with Crippen LogP contribution in [0.2, 0.25) is 0 Å². The van der Waals surface area contributed by atoms with Gasteiger partial charge in [0, 0.05) is 0 Å². The van der Waals surface area contributed by atoms with E-state index in [2.05, 4.69) is 9.68 Å². The van der Waals surface area contributed by atoms with Gasteiger partial charge in [0.25, 0.3) is 5.88 Å². The molecule has 1 rings (SSSR count). The van der Waals surface area contributed by atoms with Crippen LogP contribution in [0, 0.1) is 12.7 Å². The first-order valence-corrected chi connectivity index (χ1v) is 6.42. The zero-order valence-electron chi connectivity index (χ0n) is 5.02. The predicted octanol–water partition coefficient (Wildman–Crippen LogP) is 2.44. The highest BCUT2D eigenvalue weighted by Gasteiger charge is 2.12. The van der Waals surface area contributed by atoms with Crippen LogP contribution in [0.1, 0.15) is 5.76 Å². The maximum Gasteiger partial charge on any atom is 0.294 e. The lowest BCUT2D eigenvalue weighted by atomic mass is 10.5. The van der Waals surface area contributed by atoms with Crippen LogP contribution in [0.4, 0.5) is 4.39 Å². The molecule has 0 amide bonds. The summed E-state index contributed by atoms with van der Waals surface area (Å²) >= 11 is 1.97. The maximum absolute atomic E-state index is 12.7. The van der Waals surface area contributed by atoms with Crippen molar-refractivity contribution in [2.45, 2.75) is 6.92 Å². The molecule has 0 radical (unpaired) electrons. The van der Waals surface area contributed by atoms with Gasteiger partial charge in [-0.1, -0.05) is 0 Å². The number of hydrogen-bond donors (Lipinski definition) is 0. The molecule has 56 valence electrons. The molecule has 0 bridgehead atoms. The Morgan fingerprint density at radius 3 is 2.90 bits per heavy atom. The van der Waals surface area contributed by atoms with Gasteiger partial charge in [-0.25, -0.2) is 0 Å². The van der Waals surface area contributed by atoms with Crippen LogP contribution in [0.25, 0.3) is 0 Å². The molecule has 1 heterocycles. The minimum absolute atomic E-state index is 0.0507. The standard InChI is InChI=1S/C4H4FINO2P/c1-2-3(5)4(7-8-2)9-10-6/h10H,1H3. The summed E-state index contributed by atoms with van der Waals surface area (Å²) in [6.45, 7) is 1.64. The van der Waals surface area contributed by atoms with Crippen LogP contribution < -0.4 is 4.52 Å². The van der Waals surface area contributed by atoms with Gasteiger partial charge in [-0.15, -0.1) is 0 Å². The Labute approximate surface area is 71.6 Å². The van der Waals surface area contributed by atoms with Gasteiger partial charge in [0.15, 0.2) is 5.76 Å². The average molecular weight is 275 g/mol. The van der Waals surface area contributed by atoms with E-state index in [9.17, 15) is 4.39 Å². The van der Waals surface area contributed by atoms with E-state index in [1.165, 1.54) is 6.92 Å². The van der Waals surface area contributed by atoms with E-state index in [-0.39, 0.29) is 18.1 Å². The van der Waals surface area contributed by atoms with E-state index in [4.69, 9.17) is 4.52 Å². The quantitative estimate of drug-likeness (QED) is 0.614. The SMILES string of the molecule is Cc1onc(OPI)c1F. The monoisotopic (exact) mass is 275 g/mol. The molecule has 0 aliphatic carbocycles. The number of halogens is 2. The number of aryl methyl sites for hydroxylation is 1. The van der Waals surface area contributed by atoms with Crippen molar-refractivity contribution in [3.8, 4) is 5.88 Å². The fraction of sp³-hybridized carbons (Fsp3) is 0.250. The Kier molecular flexibility index (Phi) is 2.85. The molecule has 6 heteroatoms. The molecule has 1 unspecified atom stereocenters. The van der Waals surface area contributed by atoms with E-state index < -0.39 is 5.82 Å².